The summed E-state index contributed by atoms with van der Waals surface area (Å²) >= 11 is 0. The van der Waals surface area contributed by atoms with Gasteiger partial charge < -0.3 is 25.0 Å². The minimum atomic E-state index is -0.550. The molecular formula is C25H42N4O5. The number of piperazine rings is 1. The van der Waals surface area contributed by atoms with Crippen molar-refractivity contribution in [1.82, 2.24) is 9.80 Å². The molecule has 2 saturated carbocycles. The quantitative estimate of drug-likeness (QED) is 0.490. The molecule has 1 heterocycles. The minimum Gasteiger partial charge on any atom is -0.461 e. The molecule has 2 aliphatic carbocycles. The molecule has 34 heavy (non-hydrogen) atoms. The predicted octanol–water partition coefficient (Wildman–Crippen LogP) is 3.27. The lowest BCUT2D eigenvalue weighted by molar-refractivity contribution is -0.138. The number of aliphatic imine (C=N–C) groups is 1. The summed E-state index contributed by atoms with van der Waals surface area (Å²) in [5.74, 6) is -0.502. The fourth-order valence-electron chi connectivity index (χ4n) is 4.49. The lowest BCUT2D eigenvalue weighted by atomic mass is 10.0. The van der Waals surface area contributed by atoms with E-state index in [2.05, 4.69) is 4.99 Å². The van der Waals surface area contributed by atoms with E-state index in [1.807, 2.05) is 46.4 Å². The molecule has 3 aliphatic rings. The number of carbonyl (C=O) groups is 3. The van der Waals surface area contributed by atoms with Crippen LogP contribution in [0.3, 0.4) is 0 Å². The molecule has 0 unspecified atom stereocenters. The van der Waals surface area contributed by atoms with Gasteiger partial charge in [-0.2, -0.15) is 0 Å². The van der Waals surface area contributed by atoms with E-state index in [0.29, 0.717) is 37.3 Å². The first-order chi connectivity index (χ1) is 16.0. The lowest BCUT2D eigenvalue weighted by Gasteiger charge is -2.42. The summed E-state index contributed by atoms with van der Waals surface area (Å²) < 4.78 is 10.5. The van der Waals surface area contributed by atoms with Gasteiger partial charge in [-0.3, -0.25) is 9.79 Å². The Morgan fingerprint density at radius 1 is 1.18 bits per heavy atom. The second-order valence-corrected chi connectivity index (χ2v) is 9.92. The van der Waals surface area contributed by atoms with Crippen LogP contribution < -0.4 is 5.73 Å². The van der Waals surface area contributed by atoms with Crippen LogP contribution in [-0.4, -0.2) is 77.4 Å². The highest BCUT2D eigenvalue weighted by Crippen LogP contribution is 2.44. The number of carbonyl (C=O) groups excluding carboxylic acids is 3. The van der Waals surface area contributed by atoms with Crippen molar-refractivity contribution >= 4 is 23.7 Å². The molecule has 2 amide bonds. The third-order valence-corrected chi connectivity index (χ3v) is 6.24. The van der Waals surface area contributed by atoms with Crippen molar-refractivity contribution in [3.63, 3.8) is 0 Å². The summed E-state index contributed by atoms with van der Waals surface area (Å²) in [4.78, 5) is 45.7. The van der Waals surface area contributed by atoms with E-state index in [1.165, 1.54) is 0 Å². The molecule has 0 bridgehead atoms. The van der Waals surface area contributed by atoms with Gasteiger partial charge in [0.1, 0.15) is 17.8 Å². The van der Waals surface area contributed by atoms with E-state index < -0.39 is 11.6 Å². The Morgan fingerprint density at radius 3 is 2.38 bits per heavy atom. The molecule has 192 valence electrons. The number of esters is 1. The summed E-state index contributed by atoms with van der Waals surface area (Å²) in [7, 11) is 0. The number of hydrogen-bond donors (Lipinski definition) is 1. The molecule has 0 radical (unpaired) electrons. The maximum atomic E-state index is 13.1. The first kappa shape index (κ1) is 27.7. The lowest BCUT2D eigenvalue weighted by Crippen LogP contribution is -2.59. The Kier molecular flexibility index (Phi) is 9.14. The van der Waals surface area contributed by atoms with Crippen LogP contribution in [-0.2, 0) is 19.1 Å². The number of ether oxygens (including phenoxy) is 2. The van der Waals surface area contributed by atoms with E-state index >= 15 is 0 Å². The number of allylic oxidation sites excluding steroid dienone is 1. The van der Waals surface area contributed by atoms with Gasteiger partial charge >= 0.3 is 12.1 Å². The summed E-state index contributed by atoms with van der Waals surface area (Å²) in [5.41, 5.74) is 6.71. The first-order valence-electron chi connectivity index (χ1n) is 12.5. The van der Waals surface area contributed by atoms with Gasteiger partial charge in [0.15, 0.2) is 0 Å². The molecule has 9 nitrogen and oxygen atoms in total. The molecule has 0 aromatic rings. The fraction of sp³-hybridized carbons (Fsp3) is 0.760. The van der Waals surface area contributed by atoms with Crippen LogP contribution >= 0.6 is 0 Å². The number of nitrogens with zero attached hydrogens (tertiary/aromatic N) is 3. The summed E-state index contributed by atoms with van der Waals surface area (Å²) in [6.45, 7) is 14.9. The number of hydrogen-bond acceptors (Lipinski definition) is 7. The van der Waals surface area contributed by atoms with Gasteiger partial charge in [0.25, 0.3) is 0 Å². The highest BCUT2D eigenvalue weighted by molar-refractivity contribution is 6.08. The zero-order chi connectivity index (χ0) is 25.7. The Hall–Kier alpha value is -2.58. The van der Waals surface area contributed by atoms with E-state index in [-0.39, 0.29) is 42.3 Å². The highest BCUT2D eigenvalue weighted by Gasteiger charge is 2.54. The molecule has 1 aliphatic heterocycles. The molecule has 2 N–H and O–H groups in total. The first-order valence-corrected chi connectivity index (χ1v) is 12.5. The summed E-state index contributed by atoms with van der Waals surface area (Å²) in [6.07, 6.45) is 2.92. The summed E-state index contributed by atoms with van der Waals surface area (Å²) in [5, 5.41) is 0. The number of rotatable bonds is 4. The largest absolute Gasteiger partial charge is 0.461 e. The standard InChI is InChI=1S/C23H36N4O5.C2H6/c1-6-31-20(29)19(24)18-15(2)7-8-16(18)25-13-17(28)27-12-11-26(14-23(27)9-10-23)21(30)32-22(3,4)5;1-2/h15H,6-14,24H2,1-5H3;1-2H3/b19-18-,25-16?;/t15-;/m0./s1. The molecular weight excluding hydrogens is 436 g/mol. The summed E-state index contributed by atoms with van der Waals surface area (Å²) in [6, 6.07) is 0. The van der Waals surface area contributed by atoms with Crippen molar-refractivity contribution in [2.75, 3.05) is 32.8 Å². The SMILES string of the molecule is CC.CCOC(=O)/C(N)=C1/C(=NCC(=O)N2CCN(C(=O)OC(C)(C)C)CC23CC3)CC[C@@H]1C. The van der Waals surface area contributed by atoms with Gasteiger partial charge in [0.05, 0.1) is 12.1 Å². The van der Waals surface area contributed by atoms with Gasteiger partial charge in [-0.05, 0) is 59.3 Å². The van der Waals surface area contributed by atoms with E-state index in [4.69, 9.17) is 15.2 Å². The van der Waals surface area contributed by atoms with Gasteiger partial charge in [0.2, 0.25) is 5.91 Å². The Morgan fingerprint density at radius 2 is 1.82 bits per heavy atom. The van der Waals surface area contributed by atoms with Gasteiger partial charge in [-0.25, -0.2) is 9.59 Å². The van der Waals surface area contributed by atoms with Crippen LogP contribution in [0.25, 0.3) is 0 Å². The van der Waals surface area contributed by atoms with Crippen LogP contribution in [0.1, 0.15) is 74.1 Å². The molecule has 1 spiro atoms. The maximum absolute atomic E-state index is 13.1. The molecule has 1 atom stereocenters. The van der Waals surface area contributed by atoms with Crippen molar-refractivity contribution in [3.8, 4) is 0 Å². The van der Waals surface area contributed by atoms with Gasteiger partial charge in [-0.15, -0.1) is 0 Å². The smallest absolute Gasteiger partial charge is 0.410 e. The minimum absolute atomic E-state index is 0.00977. The molecule has 0 aromatic carbocycles. The van der Waals surface area contributed by atoms with Crippen LogP contribution in [0.2, 0.25) is 0 Å². The number of nitrogens with two attached hydrogens (primary N) is 1. The Balaban J connectivity index is 0.00000199. The normalized spacial score (nSPS) is 23.9. The van der Waals surface area contributed by atoms with E-state index in [1.54, 1.807) is 11.8 Å². The van der Waals surface area contributed by atoms with E-state index in [0.717, 1.165) is 19.3 Å². The molecule has 3 fully saturated rings. The third-order valence-electron chi connectivity index (χ3n) is 6.24. The van der Waals surface area contributed by atoms with E-state index in [9.17, 15) is 14.4 Å². The second kappa shape index (κ2) is 11.2. The van der Waals surface area contributed by atoms with Crippen LogP contribution in [0.5, 0.6) is 0 Å². The average Bonchev–Trinajstić information content (AvgIpc) is 3.43. The van der Waals surface area contributed by atoms with Crippen molar-refractivity contribution in [3.05, 3.63) is 11.3 Å². The van der Waals surface area contributed by atoms with Crippen molar-refractivity contribution in [2.24, 2.45) is 16.6 Å². The maximum Gasteiger partial charge on any atom is 0.410 e. The fourth-order valence-corrected chi connectivity index (χ4v) is 4.49. The highest BCUT2D eigenvalue weighted by atomic mass is 16.6. The Bertz CT molecular complexity index is 839. The van der Waals surface area contributed by atoms with Crippen molar-refractivity contribution in [1.29, 1.82) is 0 Å². The molecule has 0 aromatic heterocycles. The zero-order valence-electron chi connectivity index (χ0n) is 21.9. The molecule has 3 rings (SSSR count). The topological polar surface area (TPSA) is 115 Å². The van der Waals surface area contributed by atoms with Crippen molar-refractivity contribution in [2.45, 2.75) is 85.3 Å². The van der Waals surface area contributed by atoms with Gasteiger partial charge in [-0.1, -0.05) is 20.8 Å². The zero-order valence-corrected chi connectivity index (χ0v) is 21.9. The average molecular weight is 479 g/mol. The number of amides is 2. The predicted molar refractivity (Wildman–Crippen MR) is 131 cm³/mol. The van der Waals surface area contributed by atoms with Crippen LogP contribution in [0.15, 0.2) is 16.3 Å². The third kappa shape index (κ3) is 6.51. The van der Waals surface area contributed by atoms with Crippen LogP contribution in [0.4, 0.5) is 4.79 Å². The molecule has 1 saturated heterocycles. The monoisotopic (exact) mass is 478 g/mol. The van der Waals surface area contributed by atoms with Gasteiger partial charge in [0, 0.05) is 30.9 Å². The van der Waals surface area contributed by atoms with Crippen molar-refractivity contribution < 1.29 is 23.9 Å². The Labute approximate surface area is 203 Å². The molecule has 9 heteroatoms. The van der Waals surface area contributed by atoms with Crippen LogP contribution in [0, 0.1) is 5.92 Å². The second-order valence-electron chi connectivity index (χ2n) is 9.92.